The minimum atomic E-state index is 0.222. The number of hydrogen-bond donors (Lipinski definition) is 1. The summed E-state index contributed by atoms with van der Waals surface area (Å²) in [6.07, 6.45) is 4.64. The van der Waals surface area contributed by atoms with E-state index in [0.717, 1.165) is 19.6 Å². The Kier molecular flexibility index (Phi) is 5.71. The van der Waals surface area contributed by atoms with Crippen LogP contribution in [0.15, 0.2) is 48.8 Å². The molecular formula is C17H22N2O. The van der Waals surface area contributed by atoms with Crippen molar-refractivity contribution in [3.05, 3.63) is 65.5 Å². The monoisotopic (exact) mass is 270 g/mol. The molecule has 2 rings (SSSR count). The first kappa shape index (κ1) is 14.7. The second-order valence-electron chi connectivity index (χ2n) is 4.76. The average molecular weight is 270 g/mol. The molecule has 0 saturated heterocycles. The molecule has 0 aliphatic carbocycles. The van der Waals surface area contributed by atoms with E-state index in [-0.39, 0.29) is 6.04 Å². The SMILES string of the molecule is CCNC(c1ccncc1)c1ccc(CCOC)cc1. The van der Waals surface area contributed by atoms with Crippen LogP contribution in [0.3, 0.4) is 0 Å². The normalized spacial score (nSPS) is 12.3. The molecule has 1 aromatic heterocycles. The smallest absolute Gasteiger partial charge is 0.0577 e. The highest BCUT2D eigenvalue weighted by atomic mass is 16.5. The highest BCUT2D eigenvalue weighted by molar-refractivity contribution is 5.32. The molecule has 0 aliphatic heterocycles. The zero-order valence-corrected chi connectivity index (χ0v) is 12.2. The highest BCUT2D eigenvalue weighted by Crippen LogP contribution is 2.22. The fourth-order valence-electron chi connectivity index (χ4n) is 2.28. The van der Waals surface area contributed by atoms with Gasteiger partial charge in [0.2, 0.25) is 0 Å². The fourth-order valence-corrected chi connectivity index (χ4v) is 2.28. The first-order valence-corrected chi connectivity index (χ1v) is 7.06. The predicted octanol–water partition coefficient (Wildman–Crippen LogP) is 2.97. The maximum atomic E-state index is 5.11. The first-order valence-electron chi connectivity index (χ1n) is 7.06. The van der Waals surface area contributed by atoms with Crippen molar-refractivity contribution in [1.29, 1.82) is 0 Å². The molecule has 3 heteroatoms. The van der Waals surface area contributed by atoms with Crippen LogP contribution in [0.1, 0.15) is 29.7 Å². The highest BCUT2D eigenvalue weighted by Gasteiger charge is 2.12. The second-order valence-corrected chi connectivity index (χ2v) is 4.76. The maximum absolute atomic E-state index is 5.11. The van der Waals surface area contributed by atoms with E-state index in [1.54, 1.807) is 7.11 Å². The predicted molar refractivity (Wildman–Crippen MR) is 81.8 cm³/mol. The van der Waals surface area contributed by atoms with Crippen molar-refractivity contribution in [3.8, 4) is 0 Å². The summed E-state index contributed by atoms with van der Waals surface area (Å²) < 4.78 is 5.11. The van der Waals surface area contributed by atoms with Crippen LogP contribution in [-0.4, -0.2) is 25.2 Å². The van der Waals surface area contributed by atoms with Gasteiger partial charge >= 0.3 is 0 Å². The van der Waals surface area contributed by atoms with Gasteiger partial charge in [-0.05, 0) is 41.8 Å². The Hall–Kier alpha value is -1.71. The maximum Gasteiger partial charge on any atom is 0.0577 e. The summed E-state index contributed by atoms with van der Waals surface area (Å²) in [5.41, 5.74) is 3.83. The van der Waals surface area contributed by atoms with Crippen LogP contribution in [0.5, 0.6) is 0 Å². The van der Waals surface area contributed by atoms with E-state index < -0.39 is 0 Å². The Morgan fingerprint density at radius 2 is 1.70 bits per heavy atom. The Balaban J connectivity index is 2.17. The first-order chi connectivity index (χ1) is 9.85. The number of aromatic nitrogens is 1. The zero-order valence-electron chi connectivity index (χ0n) is 12.2. The molecule has 0 saturated carbocycles. The molecule has 20 heavy (non-hydrogen) atoms. The van der Waals surface area contributed by atoms with Gasteiger partial charge in [0, 0.05) is 19.5 Å². The third-order valence-electron chi connectivity index (χ3n) is 3.36. The van der Waals surface area contributed by atoms with Crippen molar-refractivity contribution in [2.24, 2.45) is 0 Å². The lowest BCUT2D eigenvalue weighted by Gasteiger charge is -2.19. The Morgan fingerprint density at radius 1 is 1.05 bits per heavy atom. The van der Waals surface area contributed by atoms with Crippen molar-refractivity contribution < 1.29 is 4.74 Å². The van der Waals surface area contributed by atoms with Crippen molar-refractivity contribution in [2.45, 2.75) is 19.4 Å². The molecule has 1 aromatic carbocycles. The Bertz CT molecular complexity index is 496. The van der Waals surface area contributed by atoms with E-state index in [4.69, 9.17) is 4.74 Å². The Morgan fingerprint density at radius 3 is 2.30 bits per heavy atom. The van der Waals surface area contributed by atoms with Crippen molar-refractivity contribution >= 4 is 0 Å². The van der Waals surface area contributed by atoms with E-state index in [1.807, 2.05) is 12.4 Å². The summed E-state index contributed by atoms with van der Waals surface area (Å²) in [6.45, 7) is 3.82. The van der Waals surface area contributed by atoms with E-state index in [9.17, 15) is 0 Å². The van der Waals surface area contributed by atoms with Crippen LogP contribution < -0.4 is 5.32 Å². The number of nitrogens with zero attached hydrogens (tertiary/aromatic N) is 1. The van der Waals surface area contributed by atoms with E-state index in [1.165, 1.54) is 16.7 Å². The third kappa shape index (κ3) is 3.89. The molecule has 1 atom stereocenters. The molecule has 2 aromatic rings. The molecule has 0 radical (unpaired) electrons. The Labute approximate surface area is 121 Å². The van der Waals surface area contributed by atoms with Crippen LogP contribution in [0.4, 0.5) is 0 Å². The minimum absolute atomic E-state index is 0.222. The molecule has 3 nitrogen and oxygen atoms in total. The molecule has 1 unspecified atom stereocenters. The zero-order chi connectivity index (χ0) is 14.2. The van der Waals surface area contributed by atoms with Gasteiger partial charge in [0.25, 0.3) is 0 Å². The fraction of sp³-hybridized carbons (Fsp3) is 0.353. The van der Waals surface area contributed by atoms with Gasteiger partial charge in [0.05, 0.1) is 12.6 Å². The number of rotatable bonds is 7. The molecule has 0 aliphatic rings. The summed E-state index contributed by atoms with van der Waals surface area (Å²) in [6, 6.07) is 13.1. The number of nitrogens with one attached hydrogen (secondary N) is 1. The third-order valence-corrected chi connectivity index (χ3v) is 3.36. The van der Waals surface area contributed by atoms with Crippen LogP contribution in [0.25, 0.3) is 0 Å². The van der Waals surface area contributed by atoms with E-state index >= 15 is 0 Å². The van der Waals surface area contributed by atoms with Crippen LogP contribution >= 0.6 is 0 Å². The molecule has 1 N–H and O–H groups in total. The number of pyridine rings is 1. The number of benzene rings is 1. The van der Waals surface area contributed by atoms with Gasteiger partial charge in [0.15, 0.2) is 0 Å². The van der Waals surface area contributed by atoms with Crippen LogP contribution in [0.2, 0.25) is 0 Å². The van der Waals surface area contributed by atoms with Gasteiger partial charge < -0.3 is 10.1 Å². The van der Waals surface area contributed by atoms with E-state index in [2.05, 4.69) is 53.6 Å². The van der Waals surface area contributed by atoms with Gasteiger partial charge in [-0.1, -0.05) is 31.2 Å². The largest absolute Gasteiger partial charge is 0.384 e. The molecule has 0 fully saturated rings. The molecule has 0 amide bonds. The van der Waals surface area contributed by atoms with Gasteiger partial charge in [-0.2, -0.15) is 0 Å². The van der Waals surface area contributed by atoms with E-state index in [0.29, 0.717) is 0 Å². The van der Waals surface area contributed by atoms with Gasteiger partial charge in [-0.3, -0.25) is 4.98 Å². The quantitative estimate of drug-likeness (QED) is 0.840. The summed E-state index contributed by atoms with van der Waals surface area (Å²) in [7, 11) is 1.74. The van der Waals surface area contributed by atoms with Crippen molar-refractivity contribution in [1.82, 2.24) is 10.3 Å². The topological polar surface area (TPSA) is 34.2 Å². The summed E-state index contributed by atoms with van der Waals surface area (Å²) >= 11 is 0. The van der Waals surface area contributed by atoms with Gasteiger partial charge in [0.1, 0.15) is 0 Å². The lowest BCUT2D eigenvalue weighted by Crippen LogP contribution is -2.22. The molecule has 106 valence electrons. The standard InChI is InChI=1S/C17H22N2O/c1-3-19-17(16-8-11-18-12-9-16)15-6-4-14(5-7-15)10-13-20-2/h4-9,11-12,17,19H,3,10,13H2,1-2H3. The number of methoxy groups -OCH3 is 1. The van der Waals surface area contributed by atoms with Gasteiger partial charge in [-0.15, -0.1) is 0 Å². The molecule has 0 spiro atoms. The summed E-state index contributed by atoms with van der Waals surface area (Å²) in [5, 5.41) is 3.53. The molecule has 0 bridgehead atoms. The van der Waals surface area contributed by atoms with Crippen LogP contribution in [0, 0.1) is 0 Å². The molecule has 1 heterocycles. The minimum Gasteiger partial charge on any atom is -0.384 e. The van der Waals surface area contributed by atoms with Gasteiger partial charge in [-0.25, -0.2) is 0 Å². The molecular weight excluding hydrogens is 248 g/mol. The number of hydrogen-bond acceptors (Lipinski definition) is 3. The summed E-state index contributed by atoms with van der Waals surface area (Å²) in [5.74, 6) is 0. The van der Waals surface area contributed by atoms with Crippen molar-refractivity contribution in [2.75, 3.05) is 20.3 Å². The summed E-state index contributed by atoms with van der Waals surface area (Å²) in [4.78, 5) is 4.09. The lowest BCUT2D eigenvalue weighted by atomic mass is 9.98. The number of ether oxygens (including phenoxy) is 1. The average Bonchev–Trinajstić information content (AvgIpc) is 2.52. The van der Waals surface area contributed by atoms with Crippen molar-refractivity contribution in [3.63, 3.8) is 0 Å². The second kappa shape index (κ2) is 7.78. The lowest BCUT2D eigenvalue weighted by molar-refractivity contribution is 0.202. The van der Waals surface area contributed by atoms with Crippen LogP contribution in [-0.2, 0) is 11.2 Å².